The lowest BCUT2D eigenvalue weighted by Crippen LogP contribution is -2.36. The molecule has 6 nitrogen and oxygen atoms in total. The first-order valence-electron chi connectivity index (χ1n) is 8.26. The third kappa shape index (κ3) is 3.21. The topological polar surface area (TPSA) is 95.5 Å². The van der Waals surface area contributed by atoms with Crippen LogP contribution in [0.1, 0.15) is 29.3 Å². The Balaban J connectivity index is 1.84. The molecule has 0 aliphatic heterocycles. The molecule has 3 rings (SSSR count). The van der Waals surface area contributed by atoms with Crippen molar-refractivity contribution in [1.82, 2.24) is 0 Å². The highest BCUT2D eigenvalue weighted by Crippen LogP contribution is 2.32. The van der Waals surface area contributed by atoms with E-state index < -0.39 is 10.9 Å². The zero-order valence-electron chi connectivity index (χ0n) is 14.2. The van der Waals surface area contributed by atoms with Gasteiger partial charge in [0.05, 0.1) is 11.3 Å². The van der Waals surface area contributed by atoms with Crippen molar-refractivity contribution in [3.05, 3.63) is 80.1 Å². The first kappa shape index (κ1) is 17.4. The number of phenolic OH excluding ortho intramolecular Hbond substituents is 1. The number of carbonyl (C=O) groups is 1. The third-order valence-corrected chi connectivity index (χ3v) is 4.14. The van der Waals surface area contributed by atoms with Crippen LogP contribution in [-0.2, 0) is 6.54 Å². The molecule has 3 aromatic rings. The first-order chi connectivity index (χ1) is 12.5. The molecule has 26 heavy (non-hydrogen) atoms. The van der Waals surface area contributed by atoms with Gasteiger partial charge >= 0.3 is 0 Å². The van der Waals surface area contributed by atoms with Crippen LogP contribution in [0.5, 0.6) is 5.75 Å². The molecule has 0 amide bonds. The number of Topliss-reactive ketones (excluding diaryl/α,β-unsaturated/α-hetero) is 1. The molecule has 0 saturated heterocycles. The molecule has 6 heteroatoms. The molecule has 0 aliphatic carbocycles. The van der Waals surface area contributed by atoms with Gasteiger partial charge < -0.3 is 15.7 Å². The van der Waals surface area contributed by atoms with E-state index in [2.05, 4.69) is 10.6 Å². The Labute approximate surface area is 149 Å². The Bertz CT molecular complexity index is 1020. The number of para-hydroxylation sites is 1. The largest absolute Gasteiger partial charge is 0.505 e. The Morgan fingerprint density at radius 2 is 1.65 bits per heavy atom. The summed E-state index contributed by atoms with van der Waals surface area (Å²) in [6.07, 6.45) is 0.251. The molecule has 132 valence electrons. The standard InChI is InChI=1S/C20H18N2O4/c1-2-15(23)13-9-6-10-14(18(13)24)22-17-16(19(25)20(17)26)21-11-12-7-4-3-5-8-12/h3-10,21-22,24H,2,11H2,1H3. The molecular formula is C20H18N2O4. The maximum atomic E-state index is 11.9. The Hall–Kier alpha value is -3.41. The van der Waals surface area contributed by atoms with Crippen molar-refractivity contribution in [3.8, 4) is 5.75 Å². The van der Waals surface area contributed by atoms with Crippen LogP contribution in [0.3, 0.4) is 0 Å². The molecular weight excluding hydrogens is 332 g/mol. The highest BCUT2D eigenvalue weighted by molar-refractivity contribution is 6.00. The van der Waals surface area contributed by atoms with Gasteiger partial charge in [0.15, 0.2) is 5.78 Å². The van der Waals surface area contributed by atoms with Crippen molar-refractivity contribution in [2.45, 2.75) is 19.9 Å². The minimum Gasteiger partial charge on any atom is -0.505 e. The van der Waals surface area contributed by atoms with Crippen LogP contribution in [-0.4, -0.2) is 10.9 Å². The molecule has 0 fully saturated rings. The van der Waals surface area contributed by atoms with Crippen molar-refractivity contribution in [2.75, 3.05) is 10.6 Å². The number of hydrogen-bond donors (Lipinski definition) is 3. The summed E-state index contributed by atoms with van der Waals surface area (Å²) in [5.41, 5.74) is 0.336. The zero-order valence-corrected chi connectivity index (χ0v) is 14.2. The lowest BCUT2D eigenvalue weighted by atomic mass is 10.1. The normalized spacial score (nSPS) is 10.7. The van der Waals surface area contributed by atoms with Crippen molar-refractivity contribution in [2.24, 2.45) is 0 Å². The van der Waals surface area contributed by atoms with Gasteiger partial charge in [-0.1, -0.05) is 43.3 Å². The molecule has 0 heterocycles. The van der Waals surface area contributed by atoms with E-state index in [-0.39, 0.29) is 40.6 Å². The van der Waals surface area contributed by atoms with Gasteiger partial charge in [-0.3, -0.25) is 14.4 Å². The van der Waals surface area contributed by atoms with Crippen LogP contribution >= 0.6 is 0 Å². The highest BCUT2D eigenvalue weighted by atomic mass is 16.3. The molecule has 0 bridgehead atoms. The van der Waals surface area contributed by atoms with E-state index in [0.29, 0.717) is 6.54 Å². The molecule has 0 spiro atoms. The number of anilines is 3. The quantitative estimate of drug-likeness (QED) is 0.344. The minimum absolute atomic E-state index is 0.0855. The molecule has 0 radical (unpaired) electrons. The molecule has 0 aromatic heterocycles. The van der Waals surface area contributed by atoms with Gasteiger partial charge in [0, 0.05) is 13.0 Å². The minimum atomic E-state index is -0.660. The van der Waals surface area contributed by atoms with Gasteiger partial charge in [0.25, 0.3) is 10.9 Å². The van der Waals surface area contributed by atoms with Gasteiger partial charge in [-0.15, -0.1) is 0 Å². The van der Waals surface area contributed by atoms with Crippen LogP contribution in [0.15, 0.2) is 58.1 Å². The summed E-state index contributed by atoms with van der Waals surface area (Å²) in [6.45, 7) is 2.09. The van der Waals surface area contributed by atoms with Crippen molar-refractivity contribution < 1.29 is 9.90 Å². The fourth-order valence-corrected chi connectivity index (χ4v) is 2.66. The Morgan fingerprint density at radius 3 is 2.35 bits per heavy atom. The summed E-state index contributed by atoms with van der Waals surface area (Å²) >= 11 is 0. The predicted molar refractivity (Wildman–Crippen MR) is 101 cm³/mol. The van der Waals surface area contributed by atoms with Gasteiger partial charge in [-0.05, 0) is 17.7 Å². The van der Waals surface area contributed by atoms with E-state index in [0.717, 1.165) is 5.56 Å². The molecule has 0 atom stereocenters. The Morgan fingerprint density at radius 1 is 0.962 bits per heavy atom. The Kier molecular flexibility index (Phi) is 4.84. The fourth-order valence-electron chi connectivity index (χ4n) is 2.66. The average Bonchev–Trinajstić information content (AvgIpc) is 2.68. The number of phenols is 1. The predicted octanol–water partition coefficient (Wildman–Crippen LogP) is 2.94. The van der Waals surface area contributed by atoms with Gasteiger partial charge in [-0.2, -0.15) is 0 Å². The van der Waals surface area contributed by atoms with E-state index >= 15 is 0 Å². The van der Waals surface area contributed by atoms with E-state index in [1.165, 1.54) is 6.07 Å². The average molecular weight is 350 g/mol. The third-order valence-electron chi connectivity index (χ3n) is 4.14. The second kappa shape index (κ2) is 7.23. The maximum absolute atomic E-state index is 11.9. The van der Waals surface area contributed by atoms with Crippen molar-refractivity contribution in [3.63, 3.8) is 0 Å². The van der Waals surface area contributed by atoms with Crippen LogP contribution in [0.25, 0.3) is 0 Å². The van der Waals surface area contributed by atoms with Gasteiger partial charge in [0.1, 0.15) is 17.1 Å². The van der Waals surface area contributed by atoms with E-state index in [4.69, 9.17) is 0 Å². The summed E-state index contributed by atoms with van der Waals surface area (Å²) in [7, 11) is 0. The van der Waals surface area contributed by atoms with E-state index in [9.17, 15) is 19.5 Å². The summed E-state index contributed by atoms with van der Waals surface area (Å²) in [4.78, 5) is 35.6. The highest BCUT2D eigenvalue weighted by Gasteiger charge is 2.22. The monoisotopic (exact) mass is 350 g/mol. The summed E-state index contributed by atoms with van der Waals surface area (Å²) in [5.74, 6) is -0.444. The van der Waals surface area contributed by atoms with Crippen LogP contribution in [0.2, 0.25) is 0 Å². The second-order valence-electron chi connectivity index (χ2n) is 5.85. The lowest BCUT2D eigenvalue weighted by molar-refractivity contribution is 0.0985. The SMILES string of the molecule is CCC(=O)c1cccc(Nc2c(NCc3ccccc3)c(=O)c2=O)c1O. The number of ketones is 1. The summed E-state index contributed by atoms with van der Waals surface area (Å²) < 4.78 is 0. The first-order valence-corrected chi connectivity index (χ1v) is 8.26. The fraction of sp³-hybridized carbons (Fsp3) is 0.150. The van der Waals surface area contributed by atoms with E-state index in [1.54, 1.807) is 19.1 Å². The maximum Gasteiger partial charge on any atom is 0.253 e. The van der Waals surface area contributed by atoms with E-state index in [1.807, 2.05) is 30.3 Å². The molecule has 0 aliphatic rings. The smallest absolute Gasteiger partial charge is 0.253 e. The zero-order chi connectivity index (χ0) is 18.7. The summed E-state index contributed by atoms with van der Waals surface area (Å²) in [5, 5.41) is 16.0. The number of aromatic hydroxyl groups is 1. The van der Waals surface area contributed by atoms with Gasteiger partial charge in [0.2, 0.25) is 0 Å². The molecule has 3 aromatic carbocycles. The number of benzene rings is 2. The van der Waals surface area contributed by atoms with Crippen LogP contribution in [0, 0.1) is 0 Å². The number of rotatable bonds is 7. The number of hydrogen-bond acceptors (Lipinski definition) is 6. The summed E-state index contributed by atoms with van der Waals surface area (Å²) in [6, 6.07) is 14.1. The van der Waals surface area contributed by atoms with Crippen molar-refractivity contribution in [1.29, 1.82) is 0 Å². The van der Waals surface area contributed by atoms with Crippen LogP contribution in [0.4, 0.5) is 17.1 Å². The number of nitrogens with one attached hydrogen (secondary N) is 2. The molecule has 0 saturated carbocycles. The molecule has 0 unspecified atom stereocenters. The second-order valence-corrected chi connectivity index (χ2v) is 5.85. The molecule has 3 N–H and O–H groups in total. The van der Waals surface area contributed by atoms with Gasteiger partial charge in [-0.25, -0.2) is 0 Å². The van der Waals surface area contributed by atoms with Crippen LogP contribution < -0.4 is 21.5 Å². The van der Waals surface area contributed by atoms with Crippen molar-refractivity contribution >= 4 is 22.8 Å². The number of carbonyl (C=O) groups excluding carboxylic acids is 1. The lowest BCUT2D eigenvalue weighted by Gasteiger charge is -2.16.